The van der Waals surface area contributed by atoms with Gasteiger partial charge < -0.3 is 5.73 Å². The molecular weight excluding hydrogens is 308 g/mol. The molecule has 0 fully saturated rings. The topological polar surface area (TPSA) is 66.9 Å². The number of benzene rings is 2. The highest BCUT2D eigenvalue weighted by atomic mass is 35.5. The number of nitriles is 1. The lowest BCUT2D eigenvalue weighted by Gasteiger charge is -2.27. The monoisotopic (exact) mass is 324 g/mol. The number of fused-ring (bicyclic) bond motifs is 3. The van der Waals surface area contributed by atoms with Gasteiger partial charge in [0.05, 0.1) is 6.07 Å². The summed E-state index contributed by atoms with van der Waals surface area (Å²) in [7, 11) is 0. The first kappa shape index (κ1) is 15.6. The van der Waals surface area contributed by atoms with E-state index in [1.54, 1.807) is 6.07 Å². The molecule has 2 aromatic rings. The summed E-state index contributed by atoms with van der Waals surface area (Å²) in [6, 6.07) is 13.8. The summed E-state index contributed by atoms with van der Waals surface area (Å²) in [4.78, 5) is 12.5. The first-order chi connectivity index (χ1) is 11.0. The number of carbonyl (C=O) groups excluding carboxylic acids is 1. The molecule has 0 aliphatic heterocycles. The van der Waals surface area contributed by atoms with Crippen LogP contribution in [0.5, 0.6) is 0 Å². The molecule has 0 bridgehead atoms. The predicted octanol–water partition coefficient (Wildman–Crippen LogP) is 3.96. The molecule has 3 rings (SSSR count). The number of halogens is 1. The van der Waals surface area contributed by atoms with Crippen molar-refractivity contribution in [2.75, 3.05) is 0 Å². The van der Waals surface area contributed by atoms with Crippen LogP contribution in [0.4, 0.5) is 0 Å². The molecule has 3 nitrogen and oxygen atoms in total. The Labute approximate surface area is 140 Å². The van der Waals surface area contributed by atoms with Crippen LogP contribution < -0.4 is 5.73 Å². The molecule has 1 aliphatic rings. The molecule has 2 N–H and O–H groups in total. The van der Waals surface area contributed by atoms with Gasteiger partial charge in [-0.1, -0.05) is 42.8 Å². The van der Waals surface area contributed by atoms with Gasteiger partial charge in [-0.25, -0.2) is 0 Å². The van der Waals surface area contributed by atoms with E-state index < -0.39 is 11.3 Å². The summed E-state index contributed by atoms with van der Waals surface area (Å²) in [6.07, 6.45) is 1.55. The van der Waals surface area contributed by atoms with Gasteiger partial charge in [0.25, 0.3) is 0 Å². The molecule has 1 amide bonds. The van der Waals surface area contributed by atoms with Crippen LogP contribution in [0.15, 0.2) is 36.4 Å². The molecular formula is C19H17ClN2O. The molecule has 4 heteroatoms. The number of nitrogens with two attached hydrogens (primary N) is 1. The molecule has 1 aliphatic carbocycles. The Morgan fingerprint density at radius 2 is 1.87 bits per heavy atom. The quantitative estimate of drug-likeness (QED) is 0.925. The maximum Gasteiger partial charge on any atom is 0.232 e. The third-order valence-electron chi connectivity index (χ3n) is 4.72. The predicted molar refractivity (Wildman–Crippen MR) is 91.1 cm³/mol. The number of hydrogen-bond acceptors (Lipinski definition) is 2. The van der Waals surface area contributed by atoms with Gasteiger partial charge in [0.15, 0.2) is 0 Å². The highest BCUT2D eigenvalue weighted by molar-refractivity contribution is 6.31. The Balaban J connectivity index is 2.35. The largest absolute Gasteiger partial charge is 0.369 e. The fourth-order valence-electron chi connectivity index (χ4n) is 3.56. The van der Waals surface area contributed by atoms with Crippen LogP contribution in [0, 0.1) is 11.3 Å². The second kappa shape index (κ2) is 5.72. The number of primary amides is 1. The maximum atomic E-state index is 12.5. The minimum atomic E-state index is -0.947. The first-order valence-corrected chi connectivity index (χ1v) is 8.03. The van der Waals surface area contributed by atoms with Crippen LogP contribution in [-0.2, 0) is 16.6 Å². The van der Waals surface area contributed by atoms with Gasteiger partial charge in [-0.05, 0) is 52.8 Å². The molecule has 23 heavy (non-hydrogen) atoms. The van der Waals surface area contributed by atoms with Crippen LogP contribution in [0.2, 0.25) is 5.02 Å². The van der Waals surface area contributed by atoms with E-state index in [0.29, 0.717) is 11.4 Å². The average Bonchev–Trinajstić information content (AvgIpc) is 2.82. The lowest BCUT2D eigenvalue weighted by Crippen LogP contribution is -2.40. The van der Waals surface area contributed by atoms with Gasteiger partial charge in [0, 0.05) is 11.4 Å². The summed E-state index contributed by atoms with van der Waals surface area (Å²) < 4.78 is 0. The molecule has 2 aromatic carbocycles. The normalized spacial score (nSPS) is 18.1. The van der Waals surface area contributed by atoms with Crippen molar-refractivity contribution >= 4 is 17.5 Å². The molecule has 1 unspecified atom stereocenters. The van der Waals surface area contributed by atoms with Crippen molar-refractivity contribution in [3.05, 3.63) is 58.1 Å². The fourth-order valence-corrected chi connectivity index (χ4v) is 3.74. The molecule has 1 atom stereocenters. The average molecular weight is 325 g/mol. The van der Waals surface area contributed by atoms with E-state index >= 15 is 0 Å². The zero-order chi connectivity index (χ0) is 16.6. The lowest BCUT2D eigenvalue weighted by atomic mass is 9.74. The van der Waals surface area contributed by atoms with E-state index in [2.05, 4.69) is 19.1 Å². The van der Waals surface area contributed by atoms with Crippen LogP contribution in [0.1, 0.15) is 36.5 Å². The van der Waals surface area contributed by atoms with Gasteiger partial charge in [0.1, 0.15) is 5.41 Å². The Kier molecular flexibility index (Phi) is 3.87. The molecule has 0 saturated carbocycles. The fraction of sp³-hybridized carbons (Fsp3) is 0.263. The van der Waals surface area contributed by atoms with Crippen molar-refractivity contribution in [3.63, 3.8) is 0 Å². The highest BCUT2D eigenvalue weighted by Gasteiger charge is 2.47. The van der Waals surface area contributed by atoms with Crippen molar-refractivity contribution in [1.82, 2.24) is 0 Å². The van der Waals surface area contributed by atoms with Gasteiger partial charge in [0.2, 0.25) is 5.91 Å². The zero-order valence-corrected chi connectivity index (χ0v) is 13.7. The van der Waals surface area contributed by atoms with Crippen molar-refractivity contribution in [2.45, 2.75) is 31.6 Å². The van der Waals surface area contributed by atoms with Crippen LogP contribution in [0.25, 0.3) is 11.1 Å². The number of hydrogen-bond donors (Lipinski definition) is 1. The third-order valence-corrected chi connectivity index (χ3v) is 4.95. The van der Waals surface area contributed by atoms with Gasteiger partial charge in [-0.15, -0.1) is 0 Å². The zero-order valence-electron chi connectivity index (χ0n) is 12.9. The van der Waals surface area contributed by atoms with E-state index in [1.807, 2.05) is 24.3 Å². The lowest BCUT2D eigenvalue weighted by molar-refractivity contribution is -0.122. The molecule has 0 aromatic heterocycles. The molecule has 0 spiro atoms. The van der Waals surface area contributed by atoms with Gasteiger partial charge in [-0.3, -0.25) is 4.79 Å². The number of nitrogens with zero attached hydrogens (tertiary/aromatic N) is 1. The maximum absolute atomic E-state index is 12.5. The van der Waals surface area contributed by atoms with Gasteiger partial charge in [-0.2, -0.15) is 5.26 Å². The summed E-state index contributed by atoms with van der Waals surface area (Å²) in [5.41, 5.74) is 9.75. The SMILES string of the molecule is CCc1ccc2c(c1)-c1cc(Cl)ccc1C2(CCC#N)C(N)=O. The number of carbonyl (C=O) groups is 1. The summed E-state index contributed by atoms with van der Waals surface area (Å²) >= 11 is 6.17. The van der Waals surface area contributed by atoms with Crippen molar-refractivity contribution < 1.29 is 4.79 Å². The Morgan fingerprint density at radius 1 is 1.22 bits per heavy atom. The molecule has 116 valence electrons. The summed E-state index contributed by atoms with van der Waals surface area (Å²) in [5.74, 6) is -0.417. The standard InChI is InChI=1S/C19H17ClN2O/c1-2-12-4-6-16-14(10-12)15-11-13(20)5-7-17(15)19(16,18(22)23)8-3-9-21/h4-7,10-11H,2-3,8H2,1H3,(H2,22,23). The third kappa shape index (κ3) is 2.22. The highest BCUT2D eigenvalue weighted by Crippen LogP contribution is 2.52. The van der Waals surface area contributed by atoms with E-state index in [0.717, 1.165) is 28.7 Å². The second-order valence-corrected chi connectivity index (χ2v) is 6.29. The molecule has 0 saturated heterocycles. The second-order valence-electron chi connectivity index (χ2n) is 5.85. The van der Waals surface area contributed by atoms with Crippen molar-refractivity contribution in [2.24, 2.45) is 5.73 Å². The Morgan fingerprint density at radius 3 is 2.48 bits per heavy atom. The van der Waals surface area contributed by atoms with Crippen molar-refractivity contribution in [1.29, 1.82) is 5.26 Å². The van der Waals surface area contributed by atoms with Gasteiger partial charge >= 0.3 is 0 Å². The van der Waals surface area contributed by atoms with Crippen LogP contribution >= 0.6 is 11.6 Å². The van der Waals surface area contributed by atoms with E-state index in [1.165, 1.54) is 5.56 Å². The number of rotatable bonds is 4. The smallest absolute Gasteiger partial charge is 0.232 e. The van der Waals surface area contributed by atoms with E-state index in [-0.39, 0.29) is 6.42 Å². The van der Waals surface area contributed by atoms with E-state index in [9.17, 15) is 4.79 Å². The minimum Gasteiger partial charge on any atom is -0.369 e. The summed E-state index contributed by atoms with van der Waals surface area (Å²) in [6.45, 7) is 2.09. The van der Waals surface area contributed by atoms with Crippen LogP contribution in [0.3, 0.4) is 0 Å². The first-order valence-electron chi connectivity index (χ1n) is 7.65. The van der Waals surface area contributed by atoms with Crippen molar-refractivity contribution in [3.8, 4) is 17.2 Å². The minimum absolute atomic E-state index is 0.264. The summed E-state index contributed by atoms with van der Waals surface area (Å²) in [5, 5.41) is 9.64. The molecule has 0 radical (unpaired) electrons. The van der Waals surface area contributed by atoms with E-state index in [4.69, 9.17) is 22.6 Å². The Bertz CT molecular complexity index is 838. The number of aryl methyl sites for hydroxylation is 1. The Hall–Kier alpha value is -2.31. The van der Waals surface area contributed by atoms with Crippen LogP contribution in [-0.4, -0.2) is 5.91 Å². The number of amides is 1. The molecule has 0 heterocycles.